The van der Waals surface area contributed by atoms with Gasteiger partial charge in [0.05, 0.1) is 24.0 Å². The van der Waals surface area contributed by atoms with Gasteiger partial charge in [-0.1, -0.05) is 18.2 Å². The Morgan fingerprint density at radius 2 is 1.88 bits per heavy atom. The highest BCUT2D eigenvalue weighted by Gasteiger charge is 2.09. The van der Waals surface area contributed by atoms with Crippen LogP contribution in [0, 0.1) is 0 Å². The molecule has 0 saturated heterocycles. The number of hydrogen-bond acceptors (Lipinski definition) is 6. The van der Waals surface area contributed by atoms with E-state index < -0.39 is 11.9 Å². The standard InChI is InChI=1S/C17H17NO5S/c1-22-17(21)13-6-4-12(5-7-13)11-23-15(19)8-9-18-16(20)14-3-2-10-24-14/h2-7,10H,8-9,11H2,1H3,(H,18,20). The van der Waals surface area contributed by atoms with Gasteiger partial charge in [-0.25, -0.2) is 4.79 Å². The Kier molecular flexibility index (Phi) is 6.51. The number of ether oxygens (including phenoxy) is 2. The Morgan fingerprint density at radius 3 is 2.50 bits per heavy atom. The Bertz CT molecular complexity index is 694. The van der Waals surface area contributed by atoms with Crippen molar-refractivity contribution in [1.29, 1.82) is 0 Å². The number of esters is 2. The average molecular weight is 347 g/mol. The molecule has 1 heterocycles. The maximum absolute atomic E-state index is 11.7. The van der Waals surface area contributed by atoms with Crippen LogP contribution in [0.3, 0.4) is 0 Å². The van der Waals surface area contributed by atoms with Crippen LogP contribution in [0.1, 0.15) is 32.0 Å². The molecule has 0 aliphatic carbocycles. The van der Waals surface area contributed by atoms with E-state index in [-0.39, 0.29) is 25.5 Å². The van der Waals surface area contributed by atoms with Crippen molar-refractivity contribution in [2.75, 3.05) is 13.7 Å². The summed E-state index contributed by atoms with van der Waals surface area (Å²) in [4.78, 5) is 35.3. The first kappa shape index (κ1) is 17.7. The van der Waals surface area contributed by atoms with Crippen molar-refractivity contribution in [1.82, 2.24) is 5.32 Å². The van der Waals surface area contributed by atoms with Crippen molar-refractivity contribution < 1.29 is 23.9 Å². The summed E-state index contributed by atoms with van der Waals surface area (Å²) in [6.07, 6.45) is 0.0946. The predicted molar refractivity (Wildman–Crippen MR) is 88.8 cm³/mol. The zero-order chi connectivity index (χ0) is 17.4. The van der Waals surface area contributed by atoms with Crippen LogP contribution in [-0.2, 0) is 20.9 Å². The minimum absolute atomic E-state index is 0.0946. The number of methoxy groups -OCH3 is 1. The van der Waals surface area contributed by atoms with Crippen molar-refractivity contribution in [2.45, 2.75) is 13.0 Å². The van der Waals surface area contributed by atoms with Gasteiger partial charge in [0.25, 0.3) is 5.91 Å². The second-order valence-electron chi connectivity index (χ2n) is 4.83. The number of rotatable bonds is 7. The normalized spacial score (nSPS) is 10.0. The van der Waals surface area contributed by atoms with E-state index in [1.807, 2.05) is 5.38 Å². The monoisotopic (exact) mass is 347 g/mol. The molecule has 0 bridgehead atoms. The summed E-state index contributed by atoms with van der Waals surface area (Å²) in [6.45, 7) is 0.329. The van der Waals surface area contributed by atoms with Crippen molar-refractivity contribution >= 4 is 29.2 Å². The van der Waals surface area contributed by atoms with E-state index in [0.717, 1.165) is 5.56 Å². The molecule has 0 unspecified atom stereocenters. The van der Waals surface area contributed by atoms with E-state index in [4.69, 9.17) is 4.74 Å². The molecule has 0 saturated carbocycles. The van der Waals surface area contributed by atoms with E-state index in [2.05, 4.69) is 10.1 Å². The van der Waals surface area contributed by atoms with Gasteiger partial charge in [-0.3, -0.25) is 9.59 Å². The van der Waals surface area contributed by atoms with Gasteiger partial charge in [-0.05, 0) is 29.1 Å². The number of nitrogens with one attached hydrogen (secondary N) is 1. The fraction of sp³-hybridized carbons (Fsp3) is 0.235. The van der Waals surface area contributed by atoms with Gasteiger partial charge in [0, 0.05) is 6.54 Å². The summed E-state index contributed by atoms with van der Waals surface area (Å²) in [6, 6.07) is 10.1. The summed E-state index contributed by atoms with van der Waals surface area (Å²) in [7, 11) is 1.31. The van der Waals surface area contributed by atoms with E-state index >= 15 is 0 Å². The quantitative estimate of drug-likeness (QED) is 0.778. The molecule has 2 rings (SSSR count). The topological polar surface area (TPSA) is 81.7 Å². The Labute approximate surface area is 143 Å². The SMILES string of the molecule is COC(=O)c1ccc(COC(=O)CCNC(=O)c2cccs2)cc1. The van der Waals surface area contributed by atoms with Gasteiger partial charge in [0.1, 0.15) is 6.61 Å². The zero-order valence-electron chi connectivity index (χ0n) is 13.1. The van der Waals surface area contributed by atoms with Crippen LogP contribution in [0.25, 0.3) is 0 Å². The lowest BCUT2D eigenvalue weighted by Gasteiger charge is -2.06. The molecule has 0 aliphatic heterocycles. The average Bonchev–Trinajstić information content (AvgIpc) is 3.14. The fourth-order valence-electron chi connectivity index (χ4n) is 1.86. The second-order valence-corrected chi connectivity index (χ2v) is 5.78. The molecule has 126 valence electrons. The van der Waals surface area contributed by atoms with Gasteiger partial charge in [-0.2, -0.15) is 0 Å². The van der Waals surface area contributed by atoms with E-state index in [9.17, 15) is 14.4 Å². The lowest BCUT2D eigenvalue weighted by atomic mass is 10.1. The summed E-state index contributed by atoms with van der Waals surface area (Å²) in [5.74, 6) is -1.02. The third-order valence-corrected chi connectivity index (χ3v) is 4.00. The Hall–Kier alpha value is -2.67. The van der Waals surface area contributed by atoms with Crippen LogP contribution in [0.5, 0.6) is 0 Å². The van der Waals surface area contributed by atoms with Gasteiger partial charge in [-0.15, -0.1) is 11.3 Å². The Balaban J connectivity index is 1.69. The lowest BCUT2D eigenvalue weighted by Crippen LogP contribution is -2.25. The molecule has 7 heteroatoms. The van der Waals surface area contributed by atoms with Crippen LogP contribution >= 0.6 is 11.3 Å². The van der Waals surface area contributed by atoms with Crippen molar-refractivity contribution in [3.8, 4) is 0 Å². The minimum Gasteiger partial charge on any atom is -0.465 e. The molecule has 24 heavy (non-hydrogen) atoms. The number of carbonyl (C=O) groups excluding carboxylic acids is 3. The maximum atomic E-state index is 11.7. The van der Waals surface area contributed by atoms with E-state index in [1.165, 1.54) is 18.4 Å². The highest BCUT2D eigenvalue weighted by Crippen LogP contribution is 2.08. The van der Waals surface area contributed by atoms with Crippen molar-refractivity contribution in [3.63, 3.8) is 0 Å². The largest absolute Gasteiger partial charge is 0.465 e. The summed E-state index contributed by atoms with van der Waals surface area (Å²) in [5, 5.41) is 4.47. The first-order chi connectivity index (χ1) is 11.6. The van der Waals surface area contributed by atoms with Crippen LogP contribution in [0.15, 0.2) is 41.8 Å². The van der Waals surface area contributed by atoms with E-state index in [0.29, 0.717) is 10.4 Å². The molecule has 1 aromatic heterocycles. The zero-order valence-corrected chi connectivity index (χ0v) is 13.9. The van der Waals surface area contributed by atoms with Crippen LogP contribution in [0.2, 0.25) is 0 Å². The maximum Gasteiger partial charge on any atom is 0.337 e. The molecule has 2 aromatic rings. The molecule has 0 aliphatic rings. The number of amides is 1. The highest BCUT2D eigenvalue weighted by atomic mass is 32.1. The third kappa shape index (κ3) is 5.20. The summed E-state index contributed by atoms with van der Waals surface area (Å²) >= 11 is 1.34. The second kappa shape index (κ2) is 8.83. The molecule has 0 atom stereocenters. The van der Waals surface area contributed by atoms with Crippen LogP contribution in [0.4, 0.5) is 0 Å². The molecular formula is C17H17NO5S. The smallest absolute Gasteiger partial charge is 0.337 e. The minimum atomic E-state index is -0.417. The van der Waals surface area contributed by atoms with Gasteiger partial charge >= 0.3 is 11.9 Å². The van der Waals surface area contributed by atoms with Crippen molar-refractivity contribution in [2.24, 2.45) is 0 Å². The number of benzene rings is 1. The molecule has 1 amide bonds. The number of thiophene rings is 1. The van der Waals surface area contributed by atoms with Crippen LogP contribution < -0.4 is 5.32 Å². The lowest BCUT2D eigenvalue weighted by molar-refractivity contribution is -0.144. The van der Waals surface area contributed by atoms with Crippen molar-refractivity contribution in [3.05, 3.63) is 57.8 Å². The highest BCUT2D eigenvalue weighted by molar-refractivity contribution is 7.12. The Morgan fingerprint density at radius 1 is 1.12 bits per heavy atom. The van der Waals surface area contributed by atoms with Gasteiger partial charge in [0.2, 0.25) is 0 Å². The van der Waals surface area contributed by atoms with Gasteiger partial charge < -0.3 is 14.8 Å². The molecule has 1 N–H and O–H groups in total. The molecule has 6 nitrogen and oxygen atoms in total. The fourth-order valence-corrected chi connectivity index (χ4v) is 2.50. The number of carbonyl (C=O) groups is 3. The number of hydrogen-bond donors (Lipinski definition) is 1. The molecule has 0 radical (unpaired) electrons. The van der Waals surface area contributed by atoms with Gasteiger partial charge in [0.15, 0.2) is 0 Å². The first-order valence-electron chi connectivity index (χ1n) is 7.24. The molecular weight excluding hydrogens is 330 g/mol. The first-order valence-corrected chi connectivity index (χ1v) is 8.12. The van der Waals surface area contributed by atoms with Crippen LogP contribution in [-0.4, -0.2) is 31.5 Å². The third-order valence-electron chi connectivity index (χ3n) is 3.13. The summed E-state index contributed by atoms with van der Waals surface area (Å²) in [5.41, 5.74) is 1.20. The van der Waals surface area contributed by atoms with E-state index in [1.54, 1.807) is 36.4 Å². The predicted octanol–water partition coefficient (Wildman–Crippen LogP) is 2.40. The summed E-state index contributed by atoms with van der Waals surface area (Å²) < 4.78 is 9.73. The molecule has 0 spiro atoms. The molecule has 0 fully saturated rings. The molecule has 1 aromatic carbocycles.